The van der Waals surface area contributed by atoms with Crippen LogP contribution in [-0.4, -0.2) is 52.5 Å². The van der Waals surface area contributed by atoms with Crippen molar-refractivity contribution in [3.05, 3.63) is 34.4 Å². The number of nitrogens with zero attached hydrogens (tertiary/aromatic N) is 3. The Balaban J connectivity index is 1.47. The van der Waals surface area contributed by atoms with Gasteiger partial charge < -0.3 is 20.5 Å². The monoisotopic (exact) mass is 469 g/mol. The van der Waals surface area contributed by atoms with E-state index in [1.54, 1.807) is 5.38 Å². The molecule has 2 aliphatic heterocycles. The first kappa shape index (κ1) is 21.9. The van der Waals surface area contributed by atoms with Crippen molar-refractivity contribution in [3.63, 3.8) is 0 Å². The lowest BCUT2D eigenvalue weighted by atomic mass is 9.80. The van der Waals surface area contributed by atoms with E-state index in [0.29, 0.717) is 17.6 Å². The van der Waals surface area contributed by atoms with Crippen LogP contribution in [-0.2, 0) is 10.3 Å². The molecular weight excluding hydrogens is 448 g/mol. The molecule has 1 unspecified atom stereocenters. The van der Waals surface area contributed by atoms with Gasteiger partial charge in [0.2, 0.25) is 0 Å². The maximum absolute atomic E-state index is 12.5. The Morgan fingerprint density at radius 2 is 2.32 bits per heavy atom. The third-order valence-electron chi connectivity index (χ3n) is 5.08. The highest BCUT2D eigenvalue weighted by Crippen LogP contribution is 2.47. The molecule has 31 heavy (non-hydrogen) atoms. The van der Waals surface area contributed by atoms with Crippen molar-refractivity contribution < 1.29 is 23.0 Å². The molecule has 0 bridgehead atoms. The lowest BCUT2D eigenvalue weighted by Gasteiger charge is -2.44. The summed E-state index contributed by atoms with van der Waals surface area (Å²) in [7, 11) is 0. The smallest absolute Gasteiger partial charge is 0.275 e. The number of hydrogen-bond acceptors (Lipinski definition) is 9. The van der Waals surface area contributed by atoms with E-state index in [1.165, 1.54) is 41.4 Å². The van der Waals surface area contributed by atoms with E-state index < -0.39 is 24.5 Å². The third-order valence-corrected chi connectivity index (χ3v) is 7.05. The van der Waals surface area contributed by atoms with E-state index >= 15 is 0 Å². The standard InChI is InChI=1S/C19H21F2N5O3S2/c1-10-4-11-7-31-18(22)26-19(11,9-29-10)17-25-15(8-30-17)24-16(27)13-3-2-12(5-23-13)28-6-14(20)21/h2-3,5,8,10-11,14H,4,6-7,9H2,1H3,(H2,22,26)(H,24,27)/t10-,11-,19?/m0/s1. The molecule has 2 aromatic rings. The van der Waals surface area contributed by atoms with E-state index in [9.17, 15) is 13.6 Å². The molecule has 1 fully saturated rings. The normalized spacial score (nSPS) is 25.6. The van der Waals surface area contributed by atoms with Crippen molar-refractivity contribution in [1.29, 1.82) is 0 Å². The van der Waals surface area contributed by atoms with Crippen LogP contribution in [0.25, 0.3) is 0 Å². The summed E-state index contributed by atoms with van der Waals surface area (Å²) in [4.78, 5) is 25.8. The fourth-order valence-electron chi connectivity index (χ4n) is 3.55. The van der Waals surface area contributed by atoms with Crippen LogP contribution in [0.1, 0.15) is 28.8 Å². The second-order valence-electron chi connectivity index (χ2n) is 7.31. The number of amides is 1. The number of nitrogens with two attached hydrogens (primary N) is 1. The molecule has 1 saturated heterocycles. The van der Waals surface area contributed by atoms with E-state index in [-0.39, 0.29) is 23.5 Å². The molecule has 0 spiro atoms. The number of pyridine rings is 1. The van der Waals surface area contributed by atoms with Gasteiger partial charge >= 0.3 is 0 Å². The van der Waals surface area contributed by atoms with Crippen molar-refractivity contribution in [2.75, 3.05) is 24.3 Å². The number of carbonyl (C=O) groups is 1. The first-order chi connectivity index (χ1) is 14.9. The molecule has 3 atom stereocenters. The number of aliphatic imine (C=N–C) groups is 1. The molecule has 4 rings (SSSR count). The Morgan fingerprint density at radius 3 is 3.06 bits per heavy atom. The van der Waals surface area contributed by atoms with Gasteiger partial charge in [-0.1, -0.05) is 11.8 Å². The van der Waals surface area contributed by atoms with E-state index in [1.807, 2.05) is 6.92 Å². The van der Waals surface area contributed by atoms with Crippen LogP contribution in [0, 0.1) is 5.92 Å². The van der Waals surface area contributed by atoms with E-state index in [2.05, 4.69) is 15.3 Å². The van der Waals surface area contributed by atoms with Crippen molar-refractivity contribution in [1.82, 2.24) is 9.97 Å². The maximum Gasteiger partial charge on any atom is 0.275 e. The molecule has 4 heterocycles. The zero-order chi connectivity index (χ0) is 22.0. The van der Waals surface area contributed by atoms with Crippen molar-refractivity contribution in [2.45, 2.75) is 31.4 Å². The first-order valence-corrected chi connectivity index (χ1v) is 11.5. The van der Waals surface area contributed by atoms with Crippen LogP contribution >= 0.6 is 23.1 Å². The van der Waals surface area contributed by atoms with Crippen LogP contribution < -0.4 is 15.8 Å². The van der Waals surface area contributed by atoms with Gasteiger partial charge in [-0.05, 0) is 25.5 Å². The number of halogens is 2. The number of hydrogen-bond donors (Lipinski definition) is 2. The van der Waals surface area contributed by atoms with Crippen LogP contribution in [0.15, 0.2) is 28.7 Å². The van der Waals surface area contributed by atoms with Gasteiger partial charge in [-0.25, -0.2) is 23.7 Å². The van der Waals surface area contributed by atoms with Crippen LogP contribution in [0.4, 0.5) is 14.6 Å². The molecule has 0 saturated carbocycles. The molecule has 0 aliphatic carbocycles. The highest BCUT2D eigenvalue weighted by molar-refractivity contribution is 8.13. The van der Waals surface area contributed by atoms with Crippen molar-refractivity contribution in [3.8, 4) is 5.75 Å². The molecule has 166 valence electrons. The second kappa shape index (κ2) is 9.05. The molecule has 0 radical (unpaired) electrons. The summed E-state index contributed by atoms with van der Waals surface area (Å²) >= 11 is 2.93. The Kier molecular flexibility index (Phi) is 6.39. The van der Waals surface area contributed by atoms with Gasteiger partial charge in [0.1, 0.15) is 34.4 Å². The average Bonchev–Trinajstić information content (AvgIpc) is 3.22. The zero-order valence-corrected chi connectivity index (χ0v) is 18.2. The third kappa shape index (κ3) is 4.80. The number of amidine groups is 1. The summed E-state index contributed by atoms with van der Waals surface area (Å²) < 4.78 is 35.2. The number of thioether (sulfide) groups is 1. The second-order valence-corrected chi connectivity index (χ2v) is 9.21. The minimum absolute atomic E-state index is 0.112. The number of alkyl halides is 2. The quantitative estimate of drug-likeness (QED) is 0.669. The molecule has 2 aromatic heterocycles. The number of nitrogens with one attached hydrogen (secondary N) is 1. The minimum atomic E-state index is -2.58. The zero-order valence-electron chi connectivity index (χ0n) is 16.6. The Hall–Kier alpha value is -2.31. The van der Waals surface area contributed by atoms with Gasteiger partial charge in [0.25, 0.3) is 12.3 Å². The first-order valence-electron chi connectivity index (χ1n) is 9.60. The van der Waals surface area contributed by atoms with Crippen LogP contribution in [0.3, 0.4) is 0 Å². The fourth-order valence-corrected chi connectivity index (χ4v) is 5.52. The van der Waals surface area contributed by atoms with Crippen LogP contribution in [0.5, 0.6) is 5.75 Å². The van der Waals surface area contributed by atoms with Gasteiger partial charge in [0.15, 0.2) is 5.17 Å². The summed E-state index contributed by atoms with van der Waals surface area (Å²) in [6.07, 6.45) is -0.354. The van der Waals surface area contributed by atoms with E-state index in [0.717, 1.165) is 17.2 Å². The Morgan fingerprint density at radius 1 is 1.48 bits per heavy atom. The highest BCUT2D eigenvalue weighted by Gasteiger charge is 2.49. The molecule has 12 heteroatoms. The van der Waals surface area contributed by atoms with Gasteiger partial charge in [-0.3, -0.25) is 4.79 Å². The highest BCUT2D eigenvalue weighted by atomic mass is 32.2. The van der Waals surface area contributed by atoms with Gasteiger partial charge in [0.05, 0.1) is 18.9 Å². The van der Waals surface area contributed by atoms with Gasteiger partial charge in [0, 0.05) is 17.1 Å². The Labute approximate surface area is 185 Å². The molecular formula is C19H21F2N5O3S2. The summed E-state index contributed by atoms with van der Waals surface area (Å²) in [5, 5.41) is 5.70. The lowest BCUT2D eigenvalue weighted by molar-refractivity contribution is -0.0466. The lowest BCUT2D eigenvalue weighted by Crippen LogP contribution is -2.49. The summed E-state index contributed by atoms with van der Waals surface area (Å²) in [6.45, 7) is 1.70. The molecule has 0 aromatic carbocycles. The summed E-state index contributed by atoms with van der Waals surface area (Å²) in [5.74, 6) is 1.15. The molecule has 1 amide bonds. The number of thiazole rings is 1. The predicted octanol–water partition coefficient (Wildman–Crippen LogP) is 3.12. The van der Waals surface area contributed by atoms with E-state index in [4.69, 9.17) is 20.2 Å². The average molecular weight is 470 g/mol. The number of ether oxygens (including phenoxy) is 2. The van der Waals surface area contributed by atoms with Gasteiger partial charge in [-0.2, -0.15) is 0 Å². The number of carbonyl (C=O) groups excluding carboxylic acids is 1. The Bertz CT molecular complexity index is 972. The topological polar surface area (TPSA) is 112 Å². The predicted molar refractivity (Wildman–Crippen MR) is 115 cm³/mol. The van der Waals surface area contributed by atoms with Gasteiger partial charge in [-0.15, -0.1) is 11.3 Å². The number of aromatic nitrogens is 2. The van der Waals surface area contributed by atoms with Crippen LogP contribution in [0.2, 0.25) is 0 Å². The maximum atomic E-state index is 12.5. The molecule has 8 nitrogen and oxygen atoms in total. The molecule has 2 aliphatic rings. The largest absolute Gasteiger partial charge is 0.486 e. The van der Waals surface area contributed by atoms with Crippen molar-refractivity contribution >= 4 is 40.0 Å². The number of fused-ring (bicyclic) bond motifs is 1. The number of anilines is 1. The summed E-state index contributed by atoms with van der Waals surface area (Å²) in [6, 6.07) is 2.82. The molecule has 3 N–H and O–H groups in total. The SMILES string of the molecule is C[C@H]1C[C@H]2CSC(N)=NC2(c2nc(NC(=O)c3ccc(OCC(F)F)cn3)cs2)CO1. The van der Waals surface area contributed by atoms with Crippen molar-refractivity contribution in [2.24, 2.45) is 16.6 Å². The minimum Gasteiger partial charge on any atom is -0.486 e. The number of rotatable bonds is 6. The summed E-state index contributed by atoms with van der Waals surface area (Å²) in [5.41, 5.74) is 5.49. The fraction of sp³-hybridized carbons (Fsp3) is 0.474.